The van der Waals surface area contributed by atoms with E-state index in [1.54, 1.807) is 17.8 Å². The smallest absolute Gasteiger partial charge is 0.253 e. The quantitative estimate of drug-likeness (QED) is 0.654. The molecule has 1 aliphatic rings. The largest absolute Gasteiger partial charge is 0.350 e. The van der Waals surface area contributed by atoms with Crippen LogP contribution in [0, 0.1) is 19.8 Å². The summed E-state index contributed by atoms with van der Waals surface area (Å²) in [6.45, 7) is 5.35. The van der Waals surface area contributed by atoms with Gasteiger partial charge in [-0.15, -0.1) is 0 Å². The highest BCUT2D eigenvalue weighted by Crippen LogP contribution is 2.23. The molecule has 1 atom stereocenters. The van der Waals surface area contributed by atoms with Gasteiger partial charge in [0.1, 0.15) is 11.4 Å². The van der Waals surface area contributed by atoms with Gasteiger partial charge in [0.15, 0.2) is 0 Å². The zero-order valence-corrected chi connectivity index (χ0v) is 17.7. The summed E-state index contributed by atoms with van der Waals surface area (Å²) < 4.78 is 6.41. The zero-order chi connectivity index (χ0) is 21.8. The first-order valence-corrected chi connectivity index (χ1v) is 10.5. The average molecular weight is 422 g/mol. The Morgan fingerprint density at radius 3 is 2.87 bits per heavy atom. The molecule has 4 rings (SSSR count). The molecule has 1 unspecified atom stereocenters. The van der Waals surface area contributed by atoms with Crippen LogP contribution in [-0.2, 0) is 11.3 Å². The normalized spacial score (nSPS) is 16.3. The van der Waals surface area contributed by atoms with Crippen LogP contribution in [0.2, 0.25) is 0 Å². The van der Waals surface area contributed by atoms with Crippen molar-refractivity contribution < 1.29 is 14.2 Å². The van der Waals surface area contributed by atoms with Gasteiger partial charge in [-0.2, -0.15) is 5.10 Å². The second kappa shape index (κ2) is 9.11. The second-order valence-electron chi connectivity index (χ2n) is 7.99. The molecule has 162 valence electrons. The molecular formula is C22H26N6O3. The summed E-state index contributed by atoms with van der Waals surface area (Å²) >= 11 is 0. The van der Waals surface area contributed by atoms with Gasteiger partial charge in [-0.3, -0.25) is 9.59 Å². The number of nitrogens with zero attached hydrogens (tertiary/aromatic N) is 5. The third kappa shape index (κ3) is 4.82. The molecule has 1 aliphatic heterocycles. The molecular weight excluding hydrogens is 396 g/mol. The van der Waals surface area contributed by atoms with E-state index >= 15 is 0 Å². The monoisotopic (exact) mass is 422 g/mol. The molecule has 0 saturated carbocycles. The van der Waals surface area contributed by atoms with E-state index in [0.717, 1.165) is 24.1 Å². The molecule has 1 N–H and O–H groups in total. The summed E-state index contributed by atoms with van der Waals surface area (Å²) in [7, 11) is 0. The topological polar surface area (TPSA) is 106 Å². The summed E-state index contributed by atoms with van der Waals surface area (Å²) in [4.78, 5) is 27.4. The first-order valence-electron chi connectivity index (χ1n) is 10.5. The lowest BCUT2D eigenvalue weighted by Crippen LogP contribution is -2.41. The van der Waals surface area contributed by atoms with Gasteiger partial charge in [0, 0.05) is 37.5 Å². The summed E-state index contributed by atoms with van der Waals surface area (Å²) in [6.07, 6.45) is 5.76. The molecule has 3 heterocycles. The molecule has 0 aliphatic carbocycles. The number of hydrogen-bond donors (Lipinski definition) is 1. The number of likely N-dealkylation sites (tertiary alicyclic amines) is 1. The van der Waals surface area contributed by atoms with Crippen LogP contribution >= 0.6 is 0 Å². The lowest BCUT2D eigenvalue weighted by Gasteiger charge is -2.32. The first kappa shape index (κ1) is 20.8. The SMILES string of the molecule is Cc1ccc(C(=O)N2CCCC(CC(=O)NCc3nonc3C)C2)cc1-n1cccn1. The van der Waals surface area contributed by atoms with Crippen molar-refractivity contribution in [1.29, 1.82) is 0 Å². The van der Waals surface area contributed by atoms with Crippen molar-refractivity contribution in [1.82, 2.24) is 30.3 Å². The minimum Gasteiger partial charge on any atom is -0.350 e. The third-order valence-electron chi connectivity index (χ3n) is 5.69. The van der Waals surface area contributed by atoms with Crippen molar-refractivity contribution in [3.8, 4) is 5.69 Å². The van der Waals surface area contributed by atoms with E-state index < -0.39 is 0 Å². The van der Waals surface area contributed by atoms with Crippen LogP contribution in [0.5, 0.6) is 0 Å². The fourth-order valence-electron chi connectivity index (χ4n) is 3.93. The Labute approximate surface area is 180 Å². The Kier molecular flexibility index (Phi) is 6.11. The van der Waals surface area contributed by atoms with E-state index in [1.165, 1.54) is 0 Å². The maximum Gasteiger partial charge on any atom is 0.253 e. The Balaban J connectivity index is 1.37. The number of aromatic nitrogens is 4. The molecule has 3 aromatic rings. The minimum absolute atomic E-state index is 0.0113. The zero-order valence-electron chi connectivity index (χ0n) is 17.7. The highest BCUT2D eigenvalue weighted by molar-refractivity contribution is 5.95. The lowest BCUT2D eigenvalue weighted by molar-refractivity contribution is -0.122. The number of benzene rings is 1. The Morgan fingerprint density at radius 2 is 2.13 bits per heavy atom. The van der Waals surface area contributed by atoms with Gasteiger partial charge >= 0.3 is 0 Å². The molecule has 1 saturated heterocycles. The van der Waals surface area contributed by atoms with E-state index in [0.29, 0.717) is 43.0 Å². The molecule has 0 spiro atoms. The molecule has 0 bridgehead atoms. The molecule has 2 aromatic heterocycles. The number of carbonyl (C=O) groups is 2. The number of aryl methyl sites for hydroxylation is 2. The summed E-state index contributed by atoms with van der Waals surface area (Å²) in [5, 5.41) is 14.6. The highest BCUT2D eigenvalue weighted by atomic mass is 16.6. The maximum absolute atomic E-state index is 13.2. The van der Waals surface area contributed by atoms with Crippen LogP contribution in [0.1, 0.15) is 46.6 Å². The van der Waals surface area contributed by atoms with Crippen molar-refractivity contribution in [2.24, 2.45) is 5.92 Å². The van der Waals surface area contributed by atoms with E-state index in [-0.39, 0.29) is 17.7 Å². The molecule has 31 heavy (non-hydrogen) atoms. The van der Waals surface area contributed by atoms with Crippen LogP contribution in [0.15, 0.2) is 41.3 Å². The van der Waals surface area contributed by atoms with Crippen molar-refractivity contribution >= 4 is 11.8 Å². The molecule has 1 fully saturated rings. The van der Waals surface area contributed by atoms with Crippen LogP contribution < -0.4 is 5.32 Å². The fourth-order valence-corrected chi connectivity index (χ4v) is 3.93. The number of piperidine rings is 1. The molecule has 0 radical (unpaired) electrons. The van der Waals surface area contributed by atoms with E-state index in [2.05, 4.69) is 25.4 Å². The van der Waals surface area contributed by atoms with E-state index in [4.69, 9.17) is 0 Å². The standard InChI is InChI=1S/C22H26N6O3/c1-15-6-7-18(12-20(15)28-10-4-8-24-28)22(30)27-9-3-5-17(14-27)11-21(29)23-13-19-16(2)25-31-26-19/h4,6-8,10,12,17H,3,5,9,11,13-14H2,1-2H3,(H,23,29). The Hall–Kier alpha value is -3.49. The number of amides is 2. The summed E-state index contributed by atoms with van der Waals surface area (Å²) in [5.74, 6) is 0.0612. The predicted octanol–water partition coefficient (Wildman–Crippen LogP) is 2.43. The van der Waals surface area contributed by atoms with Crippen LogP contribution in [0.25, 0.3) is 5.69 Å². The first-order chi connectivity index (χ1) is 15.0. The lowest BCUT2D eigenvalue weighted by atomic mass is 9.93. The van der Waals surface area contributed by atoms with Gasteiger partial charge in [0.25, 0.3) is 5.91 Å². The van der Waals surface area contributed by atoms with E-state index in [9.17, 15) is 9.59 Å². The van der Waals surface area contributed by atoms with E-state index in [1.807, 2.05) is 42.3 Å². The third-order valence-corrected chi connectivity index (χ3v) is 5.69. The van der Waals surface area contributed by atoms with Gasteiger partial charge in [0.2, 0.25) is 5.91 Å². The maximum atomic E-state index is 13.2. The van der Waals surface area contributed by atoms with Crippen LogP contribution in [0.3, 0.4) is 0 Å². The molecule has 1 aromatic carbocycles. The van der Waals surface area contributed by atoms with Crippen molar-refractivity contribution in [3.63, 3.8) is 0 Å². The molecule has 9 nitrogen and oxygen atoms in total. The minimum atomic E-state index is -0.0574. The van der Waals surface area contributed by atoms with Crippen molar-refractivity contribution in [2.75, 3.05) is 13.1 Å². The Bertz CT molecular complexity index is 1060. The number of rotatable bonds is 6. The van der Waals surface area contributed by atoms with Gasteiger partial charge in [-0.1, -0.05) is 16.4 Å². The second-order valence-corrected chi connectivity index (χ2v) is 7.99. The van der Waals surface area contributed by atoms with Gasteiger partial charge in [-0.25, -0.2) is 9.31 Å². The van der Waals surface area contributed by atoms with Gasteiger partial charge in [-0.05, 0) is 56.4 Å². The van der Waals surface area contributed by atoms with Crippen LogP contribution in [-0.4, -0.2) is 49.9 Å². The number of nitrogens with one attached hydrogen (secondary N) is 1. The number of carbonyl (C=O) groups excluding carboxylic acids is 2. The molecule has 2 amide bonds. The highest BCUT2D eigenvalue weighted by Gasteiger charge is 2.26. The predicted molar refractivity (Wildman–Crippen MR) is 112 cm³/mol. The summed E-state index contributed by atoms with van der Waals surface area (Å²) in [6, 6.07) is 7.54. The van der Waals surface area contributed by atoms with Gasteiger partial charge in [0.05, 0.1) is 12.2 Å². The van der Waals surface area contributed by atoms with Crippen molar-refractivity contribution in [3.05, 3.63) is 59.2 Å². The number of hydrogen-bond acceptors (Lipinski definition) is 6. The molecule has 9 heteroatoms. The summed E-state index contributed by atoms with van der Waals surface area (Å²) in [5.41, 5.74) is 3.87. The van der Waals surface area contributed by atoms with Gasteiger partial charge < -0.3 is 10.2 Å². The van der Waals surface area contributed by atoms with Crippen LogP contribution in [0.4, 0.5) is 0 Å². The Morgan fingerprint density at radius 1 is 1.26 bits per heavy atom. The average Bonchev–Trinajstić information content (AvgIpc) is 3.44. The fraction of sp³-hybridized carbons (Fsp3) is 0.409. The van der Waals surface area contributed by atoms with Crippen molar-refractivity contribution in [2.45, 2.75) is 39.7 Å².